The number of hydrogen-bond donors (Lipinski definition) is 1. The molecule has 0 aliphatic carbocycles. The fraction of sp³-hybridized carbons (Fsp3) is 0.417. The average Bonchev–Trinajstić information content (AvgIpc) is 3.18. The predicted octanol–water partition coefficient (Wildman–Crippen LogP) is 3.47. The van der Waals surface area contributed by atoms with Gasteiger partial charge in [-0.15, -0.1) is 11.3 Å². The lowest BCUT2D eigenvalue weighted by atomic mass is 9.94. The topological polar surface area (TPSA) is 118 Å². The maximum Gasteiger partial charge on any atom is 0.321 e. The molecule has 0 spiro atoms. The molecule has 1 fully saturated rings. The summed E-state index contributed by atoms with van der Waals surface area (Å²) in [5.41, 5.74) is 0.813. The Morgan fingerprint density at radius 2 is 1.88 bits per heavy atom. The molecule has 0 radical (unpaired) electrons. The van der Waals surface area contributed by atoms with Crippen molar-refractivity contribution in [3.8, 4) is 10.7 Å². The summed E-state index contributed by atoms with van der Waals surface area (Å²) in [6.07, 6.45) is 1.62. The number of carboxylic acid groups (broad SMARTS) is 1. The number of aryl methyl sites for hydroxylation is 1. The van der Waals surface area contributed by atoms with Gasteiger partial charge in [-0.05, 0) is 63.9 Å². The third-order valence-corrected chi connectivity index (χ3v) is 8.28. The second-order valence-corrected chi connectivity index (χ2v) is 12.8. The second kappa shape index (κ2) is 8.51. The first-order valence-corrected chi connectivity index (χ1v) is 13.6. The molecule has 0 bridgehead atoms. The highest BCUT2D eigenvalue weighted by molar-refractivity contribution is 7.90. The molecule has 1 N–H and O–H groups in total. The molecule has 1 unspecified atom stereocenters. The summed E-state index contributed by atoms with van der Waals surface area (Å²) in [6, 6.07) is 7.47. The van der Waals surface area contributed by atoms with Crippen LogP contribution in [0.25, 0.3) is 20.8 Å². The Morgan fingerprint density at radius 3 is 2.50 bits per heavy atom. The van der Waals surface area contributed by atoms with E-state index in [4.69, 9.17) is 0 Å². The van der Waals surface area contributed by atoms with Crippen molar-refractivity contribution >= 4 is 37.2 Å². The SMILES string of the molecule is Cc1ccc2c(=O)nc(-c3cc(S(C)(=O)=O)cc(C4CCN(C(C)(C)C)[C@@H]4C(=O)O)n3)sc2c1. The summed E-state index contributed by atoms with van der Waals surface area (Å²) in [6.45, 7) is 8.33. The maximum atomic E-state index is 12.7. The van der Waals surface area contributed by atoms with Crippen molar-refractivity contribution in [1.29, 1.82) is 0 Å². The zero-order chi connectivity index (χ0) is 25.0. The quantitative estimate of drug-likeness (QED) is 0.577. The van der Waals surface area contributed by atoms with Gasteiger partial charge < -0.3 is 5.11 Å². The zero-order valence-electron chi connectivity index (χ0n) is 19.7. The number of carbonyl (C=O) groups is 1. The van der Waals surface area contributed by atoms with Crippen LogP contribution in [0.15, 0.2) is 40.0 Å². The van der Waals surface area contributed by atoms with Gasteiger partial charge in [0.15, 0.2) is 9.84 Å². The summed E-state index contributed by atoms with van der Waals surface area (Å²) in [7, 11) is -3.63. The van der Waals surface area contributed by atoms with E-state index < -0.39 is 33.3 Å². The number of fused-ring (bicyclic) bond motifs is 1. The highest BCUT2D eigenvalue weighted by Gasteiger charge is 2.45. The number of likely N-dealkylation sites (tertiary alicyclic amines) is 1. The van der Waals surface area contributed by atoms with Crippen molar-refractivity contribution in [2.75, 3.05) is 12.8 Å². The number of aromatic nitrogens is 2. The molecule has 1 saturated heterocycles. The van der Waals surface area contributed by atoms with Crippen LogP contribution in [0.3, 0.4) is 0 Å². The first kappa shape index (κ1) is 24.4. The van der Waals surface area contributed by atoms with Crippen LogP contribution < -0.4 is 5.56 Å². The summed E-state index contributed by atoms with van der Waals surface area (Å²) >= 11 is 1.26. The molecule has 10 heteroatoms. The van der Waals surface area contributed by atoms with Gasteiger partial charge in [0.25, 0.3) is 5.56 Å². The number of carboxylic acids is 1. The Kier molecular flexibility index (Phi) is 6.12. The van der Waals surface area contributed by atoms with E-state index in [9.17, 15) is 23.1 Å². The van der Waals surface area contributed by atoms with Gasteiger partial charge >= 0.3 is 5.97 Å². The lowest BCUT2D eigenvalue weighted by molar-refractivity contribution is -0.144. The Labute approximate surface area is 202 Å². The fourth-order valence-corrected chi connectivity index (χ4v) is 6.20. The summed E-state index contributed by atoms with van der Waals surface area (Å²) < 4.78 is 25.8. The highest BCUT2D eigenvalue weighted by Crippen LogP contribution is 2.39. The number of aliphatic carboxylic acids is 1. The molecule has 8 nitrogen and oxygen atoms in total. The first-order valence-electron chi connectivity index (χ1n) is 10.9. The van der Waals surface area contributed by atoms with E-state index in [0.29, 0.717) is 29.1 Å². The maximum absolute atomic E-state index is 12.7. The van der Waals surface area contributed by atoms with Crippen molar-refractivity contribution in [1.82, 2.24) is 14.9 Å². The largest absolute Gasteiger partial charge is 0.480 e. The zero-order valence-corrected chi connectivity index (χ0v) is 21.3. The van der Waals surface area contributed by atoms with E-state index in [-0.39, 0.29) is 16.1 Å². The van der Waals surface area contributed by atoms with Crippen LogP contribution in [-0.2, 0) is 14.6 Å². The predicted molar refractivity (Wildman–Crippen MR) is 132 cm³/mol. The highest BCUT2D eigenvalue weighted by atomic mass is 32.2. The number of hydrogen-bond acceptors (Lipinski definition) is 8. The van der Waals surface area contributed by atoms with Gasteiger partial charge in [-0.25, -0.2) is 13.4 Å². The fourth-order valence-electron chi connectivity index (χ4n) is 4.48. The van der Waals surface area contributed by atoms with Gasteiger partial charge in [-0.1, -0.05) is 6.07 Å². The van der Waals surface area contributed by atoms with Crippen molar-refractivity contribution in [2.24, 2.45) is 0 Å². The van der Waals surface area contributed by atoms with Gasteiger partial charge in [-0.3, -0.25) is 14.5 Å². The van der Waals surface area contributed by atoms with Crippen molar-refractivity contribution < 1.29 is 18.3 Å². The number of nitrogens with zero attached hydrogens (tertiary/aromatic N) is 3. The van der Waals surface area contributed by atoms with Crippen LogP contribution in [0.5, 0.6) is 0 Å². The van der Waals surface area contributed by atoms with Crippen LogP contribution in [0.2, 0.25) is 0 Å². The minimum Gasteiger partial charge on any atom is -0.480 e. The molecule has 4 rings (SSSR count). The van der Waals surface area contributed by atoms with Gasteiger partial charge in [0, 0.05) is 34.7 Å². The lowest BCUT2D eigenvalue weighted by Gasteiger charge is -2.36. The van der Waals surface area contributed by atoms with E-state index in [2.05, 4.69) is 9.97 Å². The number of pyridine rings is 1. The molecule has 1 aliphatic rings. The van der Waals surface area contributed by atoms with Gasteiger partial charge in [-0.2, -0.15) is 4.98 Å². The van der Waals surface area contributed by atoms with E-state index >= 15 is 0 Å². The Hall–Kier alpha value is -2.69. The molecule has 1 aliphatic heterocycles. The Morgan fingerprint density at radius 1 is 1.18 bits per heavy atom. The van der Waals surface area contributed by atoms with Crippen molar-refractivity contribution in [3.05, 3.63) is 51.9 Å². The van der Waals surface area contributed by atoms with E-state index in [1.165, 1.54) is 23.5 Å². The summed E-state index contributed by atoms with van der Waals surface area (Å²) in [5.74, 6) is -1.48. The normalized spacial score (nSPS) is 19.6. The van der Waals surface area contributed by atoms with Crippen LogP contribution in [0.4, 0.5) is 0 Å². The third kappa shape index (κ3) is 4.62. The Balaban J connectivity index is 1.91. The smallest absolute Gasteiger partial charge is 0.321 e. The van der Waals surface area contributed by atoms with E-state index in [1.54, 1.807) is 6.07 Å². The number of sulfone groups is 1. The molecule has 0 amide bonds. The molecule has 3 heterocycles. The van der Waals surface area contributed by atoms with Crippen molar-refractivity contribution in [3.63, 3.8) is 0 Å². The van der Waals surface area contributed by atoms with Gasteiger partial charge in [0.1, 0.15) is 16.7 Å². The molecular weight excluding hydrogens is 474 g/mol. The first-order chi connectivity index (χ1) is 15.8. The summed E-state index contributed by atoms with van der Waals surface area (Å²) in [4.78, 5) is 35.7. The van der Waals surface area contributed by atoms with Gasteiger partial charge in [0.05, 0.1) is 10.3 Å². The molecule has 1 aromatic carbocycles. The Bertz CT molecular complexity index is 1460. The van der Waals surface area contributed by atoms with Crippen LogP contribution in [-0.4, -0.2) is 58.7 Å². The second-order valence-electron chi connectivity index (χ2n) is 9.75. The minimum absolute atomic E-state index is 0.0247. The average molecular weight is 502 g/mol. The monoisotopic (exact) mass is 501 g/mol. The summed E-state index contributed by atoms with van der Waals surface area (Å²) in [5, 5.41) is 10.8. The molecule has 34 heavy (non-hydrogen) atoms. The molecule has 0 saturated carbocycles. The van der Waals surface area contributed by atoms with E-state index in [1.807, 2.05) is 44.7 Å². The van der Waals surface area contributed by atoms with Crippen molar-refractivity contribution in [2.45, 2.75) is 56.5 Å². The number of rotatable bonds is 4. The minimum atomic E-state index is -3.63. The molecule has 3 aromatic rings. The number of benzene rings is 1. The van der Waals surface area contributed by atoms with Crippen LogP contribution >= 0.6 is 11.3 Å². The lowest BCUT2D eigenvalue weighted by Crippen LogP contribution is -2.49. The van der Waals surface area contributed by atoms with Gasteiger partial charge in [0.2, 0.25) is 0 Å². The van der Waals surface area contributed by atoms with Crippen LogP contribution in [0.1, 0.15) is 44.4 Å². The molecular formula is C24H27N3O5S2. The standard InChI is InChI=1S/C24H27N3O5S2/c1-13-6-7-16-19(10-13)33-22(26-21(16)28)18-12-14(34(5,31)32)11-17(25-18)15-8-9-27(24(2,3)4)20(15)23(29)30/h6-7,10-12,15,20H,8-9H2,1-5H3,(H,29,30)/t15?,20-/m0/s1. The van der Waals surface area contributed by atoms with E-state index in [0.717, 1.165) is 16.5 Å². The molecule has 180 valence electrons. The van der Waals surface area contributed by atoms with Crippen LogP contribution in [0, 0.1) is 6.92 Å². The third-order valence-electron chi connectivity index (χ3n) is 6.14. The molecule has 2 atom stereocenters. The molecule has 2 aromatic heterocycles.